The van der Waals surface area contributed by atoms with Crippen molar-refractivity contribution in [3.63, 3.8) is 0 Å². The Morgan fingerprint density at radius 2 is 1.93 bits per heavy atom. The molecule has 0 saturated heterocycles. The summed E-state index contributed by atoms with van der Waals surface area (Å²) < 4.78 is 13.1. The Morgan fingerprint density at radius 3 is 2.57 bits per heavy atom. The lowest BCUT2D eigenvalue weighted by molar-refractivity contribution is 0.0926. The third-order valence-corrected chi connectivity index (χ3v) is 5.67. The number of hydrogen-bond donors (Lipinski definition) is 1. The second-order valence-corrected chi connectivity index (χ2v) is 8.53. The van der Waals surface area contributed by atoms with Crippen LogP contribution in [0, 0.1) is 14.1 Å². The topological polar surface area (TPSA) is 63.8 Å². The Balaban J connectivity index is 1.66. The average Bonchev–Trinajstić information content (AvgIpc) is 3.09. The summed E-state index contributed by atoms with van der Waals surface area (Å²) in [6.07, 6.45) is 1.58. The van der Waals surface area contributed by atoms with E-state index in [9.17, 15) is 4.79 Å². The van der Waals surface area contributed by atoms with Gasteiger partial charge in [-0.25, -0.2) is 5.43 Å². The van der Waals surface area contributed by atoms with Crippen LogP contribution < -0.4 is 10.2 Å². The highest BCUT2D eigenvalue weighted by molar-refractivity contribution is 14.1. The molecular formula is C20H15ClI2N2O3. The number of amides is 1. The van der Waals surface area contributed by atoms with Gasteiger partial charge in [0.25, 0.3) is 0 Å². The molecule has 0 fully saturated rings. The molecule has 8 heteroatoms. The predicted molar refractivity (Wildman–Crippen MR) is 126 cm³/mol. The molecule has 0 aliphatic carbocycles. The summed E-state index contributed by atoms with van der Waals surface area (Å²) in [4.78, 5) is 11.9. The summed E-state index contributed by atoms with van der Waals surface area (Å²) in [6, 6.07) is 14.8. The first-order valence-corrected chi connectivity index (χ1v) is 10.7. The summed E-state index contributed by atoms with van der Waals surface area (Å²) in [6.45, 7) is 2.16. The molecule has 5 nitrogen and oxygen atoms in total. The maximum atomic E-state index is 11.9. The lowest BCUT2D eigenvalue weighted by Crippen LogP contribution is -2.16. The molecule has 1 amide bonds. The van der Waals surface area contributed by atoms with Gasteiger partial charge in [0.15, 0.2) is 5.76 Å². The summed E-state index contributed by atoms with van der Waals surface area (Å²) >= 11 is 10.6. The zero-order valence-electron chi connectivity index (χ0n) is 14.7. The fourth-order valence-corrected chi connectivity index (χ4v) is 4.65. The minimum absolute atomic E-state index is 0.224. The van der Waals surface area contributed by atoms with Gasteiger partial charge in [-0.05, 0) is 88.0 Å². The van der Waals surface area contributed by atoms with Crippen molar-refractivity contribution in [2.75, 3.05) is 0 Å². The molecule has 1 aromatic heterocycles. The van der Waals surface area contributed by atoms with Gasteiger partial charge in [0.1, 0.15) is 18.1 Å². The second kappa shape index (κ2) is 9.75. The van der Waals surface area contributed by atoms with Crippen molar-refractivity contribution in [1.82, 2.24) is 5.43 Å². The van der Waals surface area contributed by atoms with E-state index in [4.69, 9.17) is 20.8 Å². The largest absolute Gasteiger partial charge is 0.487 e. The molecular weight excluding hydrogens is 605 g/mol. The molecule has 1 heterocycles. The van der Waals surface area contributed by atoms with Crippen LogP contribution in [0.5, 0.6) is 5.75 Å². The van der Waals surface area contributed by atoms with E-state index in [0.29, 0.717) is 17.4 Å². The van der Waals surface area contributed by atoms with E-state index in [1.165, 1.54) is 0 Å². The summed E-state index contributed by atoms with van der Waals surface area (Å²) in [5, 5.41) is 4.67. The van der Waals surface area contributed by atoms with Gasteiger partial charge in [0.2, 0.25) is 0 Å². The molecule has 0 spiro atoms. The Hall–Kier alpha value is -1.59. The van der Waals surface area contributed by atoms with Gasteiger partial charge in [-0.3, -0.25) is 4.79 Å². The fraction of sp³-hybridized carbons (Fsp3) is 0.100. The molecule has 0 saturated carbocycles. The Bertz CT molecular complexity index is 1010. The van der Waals surface area contributed by atoms with Crippen molar-refractivity contribution in [2.24, 2.45) is 5.10 Å². The minimum Gasteiger partial charge on any atom is -0.487 e. The van der Waals surface area contributed by atoms with Crippen molar-refractivity contribution in [3.8, 4) is 5.75 Å². The van der Waals surface area contributed by atoms with Crippen molar-refractivity contribution < 1.29 is 13.9 Å². The van der Waals surface area contributed by atoms with Crippen molar-refractivity contribution in [1.29, 1.82) is 0 Å². The molecule has 28 heavy (non-hydrogen) atoms. The van der Waals surface area contributed by atoms with E-state index in [1.54, 1.807) is 25.3 Å². The van der Waals surface area contributed by atoms with E-state index in [1.807, 2.05) is 36.4 Å². The van der Waals surface area contributed by atoms with Crippen LogP contribution in [0.3, 0.4) is 0 Å². The lowest BCUT2D eigenvalue weighted by atomic mass is 10.2. The van der Waals surface area contributed by atoms with Crippen molar-refractivity contribution in [2.45, 2.75) is 13.5 Å². The third-order valence-electron chi connectivity index (χ3n) is 3.69. The van der Waals surface area contributed by atoms with Crippen molar-refractivity contribution in [3.05, 3.63) is 83.3 Å². The van der Waals surface area contributed by atoms with Crippen LogP contribution >= 0.6 is 56.8 Å². The molecule has 0 aliphatic rings. The van der Waals surface area contributed by atoms with E-state index in [2.05, 4.69) is 55.7 Å². The van der Waals surface area contributed by atoms with Crippen LogP contribution in [0.25, 0.3) is 0 Å². The molecule has 0 aliphatic heterocycles. The van der Waals surface area contributed by atoms with Crippen LogP contribution in [0.2, 0.25) is 5.02 Å². The van der Waals surface area contributed by atoms with E-state index < -0.39 is 5.91 Å². The number of carbonyl (C=O) groups excluding carboxylic acids is 1. The predicted octanol–water partition coefficient (Wildman–Crippen LogP) is 5.79. The number of hydrogen-bond acceptors (Lipinski definition) is 4. The highest BCUT2D eigenvalue weighted by Gasteiger charge is 2.11. The van der Waals surface area contributed by atoms with Gasteiger partial charge in [0.05, 0.1) is 13.4 Å². The number of rotatable bonds is 6. The highest BCUT2D eigenvalue weighted by Crippen LogP contribution is 2.30. The van der Waals surface area contributed by atoms with Crippen molar-refractivity contribution >= 4 is 68.9 Å². The highest BCUT2D eigenvalue weighted by atomic mass is 127. The molecule has 0 atom stereocenters. The summed E-state index contributed by atoms with van der Waals surface area (Å²) in [5.74, 6) is 1.29. The number of nitrogens with zero attached hydrogens (tertiary/aromatic N) is 1. The second-order valence-electron chi connectivity index (χ2n) is 5.80. The Morgan fingerprint density at radius 1 is 1.21 bits per heavy atom. The van der Waals surface area contributed by atoms with Gasteiger partial charge < -0.3 is 9.15 Å². The van der Waals surface area contributed by atoms with Crippen LogP contribution in [0.15, 0.2) is 58.0 Å². The molecule has 0 bridgehead atoms. The number of ether oxygens (including phenoxy) is 1. The number of carbonyl (C=O) groups is 1. The molecule has 0 radical (unpaired) electrons. The number of benzene rings is 2. The first-order chi connectivity index (χ1) is 13.4. The maximum Gasteiger partial charge on any atom is 0.307 e. The summed E-state index contributed by atoms with van der Waals surface area (Å²) in [5.41, 5.74) is 4.22. The molecule has 2 aromatic carbocycles. The van der Waals surface area contributed by atoms with Crippen LogP contribution in [-0.2, 0) is 6.61 Å². The maximum absolute atomic E-state index is 11.9. The lowest BCUT2D eigenvalue weighted by Gasteiger charge is -2.12. The van der Waals surface area contributed by atoms with Gasteiger partial charge in [-0.2, -0.15) is 5.10 Å². The first-order valence-electron chi connectivity index (χ1n) is 8.19. The minimum atomic E-state index is -0.395. The molecule has 0 unspecified atom stereocenters. The van der Waals surface area contributed by atoms with E-state index >= 15 is 0 Å². The average molecular weight is 621 g/mol. The first kappa shape index (κ1) is 21.1. The van der Waals surface area contributed by atoms with Gasteiger partial charge >= 0.3 is 5.91 Å². The van der Waals surface area contributed by atoms with Gasteiger partial charge in [-0.1, -0.05) is 29.8 Å². The Labute approximate surface area is 194 Å². The third kappa shape index (κ3) is 5.48. The zero-order valence-corrected chi connectivity index (χ0v) is 19.8. The van der Waals surface area contributed by atoms with Gasteiger partial charge in [-0.15, -0.1) is 0 Å². The molecule has 3 aromatic rings. The number of nitrogens with one attached hydrogen (secondary N) is 1. The zero-order chi connectivity index (χ0) is 20.1. The molecule has 1 N–H and O–H groups in total. The number of aryl methyl sites for hydroxylation is 1. The number of halogens is 3. The van der Waals surface area contributed by atoms with E-state index in [0.717, 1.165) is 24.0 Å². The van der Waals surface area contributed by atoms with Crippen LogP contribution in [0.1, 0.15) is 27.4 Å². The number of hydrazone groups is 1. The monoisotopic (exact) mass is 620 g/mol. The van der Waals surface area contributed by atoms with Crippen LogP contribution in [0.4, 0.5) is 0 Å². The standard InChI is InChI=1S/C20H15ClI2N2O3/c1-12-6-7-18(28-12)20(26)25-24-10-13-8-16(22)19(17(23)9-13)27-11-14-4-2-3-5-15(14)21/h2-10H,11H2,1H3,(H,25,26)/b24-10-. The van der Waals surface area contributed by atoms with Crippen LogP contribution in [-0.4, -0.2) is 12.1 Å². The molecule has 3 rings (SSSR count). The SMILES string of the molecule is Cc1ccc(C(=O)N/N=C\c2cc(I)c(OCc3ccccc3Cl)c(I)c2)o1. The summed E-state index contributed by atoms with van der Waals surface area (Å²) in [7, 11) is 0. The normalized spacial score (nSPS) is 11.0. The quantitative estimate of drug-likeness (QED) is 0.216. The molecule has 144 valence electrons. The number of furan rings is 1. The van der Waals surface area contributed by atoms with E-state index in [-0.39, 0.29) is 5.76 Å². The Kier molecular flexibility index (Phi) is 7.36. The fourth-order valence-electron chi connectivity index (χ4n) is 2.33. The smallest absolute Gasteiger partial charge is 0.307 e. The van der Waals surface area contributed by atoms with Gasteiger partial charge in [0, 0.05) is 10.6 Å².